The molecule has 1 aromatic heterocycles. The van der Waals surface area contributed by atoms with Crippen LogP contribution in [-0.2, 0) is 5.41 Å². The molecule has 0 saturated carbocycles. The van der Waals surface area contributed by atoms with Crippen LogP contribution in [0.15, 0.2) is 169 Å². The van der Waals surface area contributed by atoms with Crippen LogP contribution in [0.4, 0.5) is 5.69 Å². The van der Waals surface area contributed by atoms with Gasteiger partial charge in [0, 0.05) is 33.6 Å². The quantitative estimate of drug-likeness (QED) is 0.186. The minimum atomic E-state index is -0.366. The molecule has 1 spiro atoms. The molecule has 0 bridgehead atoms. The van der Waals surface area contributed by atoms with E-state index in [9.17, 15) is 0 Å². The summed E-state index contributed by atoms with van der Waals surface area (Å²) in [6.07, 6.45) is 13.4. The average molecular weight is 680 g/mol. The van der Waals surface area contributed by atoms with Gasteiger partial charge in [-0.15, -0.1) is 0 Å². The highest BCUT2D eigenvalue weighted by Crippen LogP contribution is 2.64. The largest absolute Gasteiger partial charge is 0.307 e. The van der Waals surface area contributed by atoms with Gasteiger partial charge in [0.05, 0.1) is 22.5 Å². The van der Waals surface area contributed by atoms with Crippen molar-refractivity contribution in [1.29, 1.82) is 0 Å². The first-order chi connectivity index (χ1) is 26.1. The van der Waals surface area contributed by atoms with Crippen LogP contribution in [0.3, 0.4) is 0 Å². The van der Waals surface area contributed by atoms with Crippen LogP contribution in [0.25, 0.3) is 56.3 Å². The van der Waals surface area contributed by atoms with E-state index in [1.165, 1.54) is 50.1 Å². The summed E-state index contributed by atoms with van der Waals surface area (Å²) in [4.78, 5) is 13.3. The second-order valence-electron chi connectivity index (χ2n) is 14.8. The third kappa shape index (κ3) is 4.11. The molecule has 1 unspecified atom stereocenters. The summed E-state index contributed by atoms with van der Waals surface area (Å²) in [6.45, 7) is 7.02. The molecule has 6 aromatic rings. The zero-order valence-electron chi connectivity index (χ0n) is 29.7. The molecule has 3 heteroatoms. The van der Waals surface area contributed by atoms with E-state index in [0.29, 0.717) is 0 Å². The Morgan fingerprint density at radius 3 is 2.04 bits per heavy atom. The molecule has 5 aliphatic rings. The lowest BCUT2D eigenvalue weighted by Crippen LogP contribution is -2.28. The molecule has 0 saturated heterocycles. The Hall–Kier alpha value is -6.32. The normalized spacial score (nSPS) is 18.9. The van der Waals surface area contributed by atoms with Gasteiger partial charge in [-0.2, -0.15) is 0 Å². The maximum absolute atomic E-state index is 5.56. The highest BCUT2D eigenvalue weighted by atomic mass is 15.2. The molecule has 5 aromatic carbocycles. The van der Waals surface area contributed by atoms with Gasteiger partial charge < -0.3 is 4.90 Å². The summed E-state index contributed by atoms with van der Waals surface area (Å²) in [5.41, 5.74) is 21.2. The van der Waals surface area contributed by atoms with E-state index in [1.54, 1.807) is 0 Å². The van der Waals surface area contributed by atoms with Crippen LogP contribution in [0, 0.1) is 0 Å². The number of nitrogens with zero attached hydrogens (tertiary/aromatic N) is 3. The van der Waals surface area contributed by atoms with Crippen molar-refractivity contribution in [2.45, 2.75) is 38.0 Å². The molecule has 3 nitrogen and oxygen atoms in total. The summed E-state index contributed by atoms with van der Waals surface area (Å²) in [6, 6.07) is 44.3. The molecule has 0 fully saturated rings. The van der Waals surface area contributed by atoms with Crippen LogP contribution < -0.4 is 4.90 Å². The van der Waals surface area contributed by atoms with E-state index in [1.807, 2.05) is 0 Å². The number of aromatic nitrogens is 2. The smallest absolute Gasteiger partial charge is 0.160 e. The number of rotatable bonds is 3. The van der Waals surface area contributed by atoms with E-state index in [-0.39, 0.29) is 5.41 Å². The summed E-state index contributed by atoms with van der Waals surface area (Å²) in [7, 11) is 0. The molecule has 11 rings (SSSR count). The number of hydrogen-bond acceptors (Lipinski definition) is 3. The maximum atomic E-state index is 5.56. The van der Waals surface area contributed by atoms with Crippen LogP contribution >= 0.6 is 0 Å². The topological polar surface area (TPSA) is 29.0 Å². The molecular formula is C50H37N3. The molecule has 1 aliphatic heterocycles. The first-order valence-corrected chi connectivity index (χ1v) is 18.8. The van der Waals surface area contributed by atoms with E-state index in [0.717, 1.165) is 82.2 Å². The van der Waals surface area contributed by atoms with Crippen molar-refractivity contribution in [3.63, 3.8) is 0 Å². The molecule has 1 atom stereocenters. The van der Waals surface area contributed by atoms with Crippen LogP contribution in [0.5, 0.6) is 0 Å². The zero-order chi connectivity index (χ0) is 35.3. The Balaban J connectivity index is 1.24. The van der Waals surface area contributed by atoms with E-state index < -0.39 is 0 Å². The van der Waals surface area contributed by atoms with Gasteiger partial charge in [0.2, 0.25) is 0 Å². The molecular weight excluding hydrogens is 643 g/mol. The number of anilines is 1. The number of allylic oxidation sites excluding steroid dienone is 7. The highest BCUT2D eigenvalue weighted by Gasteiger charge is 2.52. The monoisotopic (exact) mass is 679 g/mol. The van der Waals surface area contributed by atoms with Gasteiger partial charge in [-0.1, -0.05) is 140 Å². The lowest BCUT2D eigenvalue weighted by Gasteiger charge is -2.38. The minimum Gasteiger partial charge on any atom is -0.307 e. The van der Waals surface area contributed by atoms with Crippen molar-refractivity contribution < 1.29 is 0 Å². The van der Waals surface area contributed by atoms with Crippen molar-refractivity contribution in [2.75, 3.05) is 4.90 Å². The summed E-state index contributed by atoms with van der Waals surface area (Å²) in [5, 5.41) is 0. The van der Waals surface area contributed by atoms with Gasteiger partial charge in [0.25, 0.3) is 0 Å². The molecule has 4 aliphatic carbocycles. The van der Waals surface area contributed by atoms with E-state index in [4.69, 9.17) is 16.5 Å². The zero-order valence-corrected chi connectivity index (χ0v) is 29.7. The Kier molecular flexibility index (Phi) is 6.49. The number of benzene rings is 5. The van der Waals surface area contributed by atoms with Crippen molar-refractivity contribution in [3.05, 3.63) is 197 Å². The van der Waals surface area contributed by atoms with Gasteiger partial charge >= 0.3 is 0 Å². The second kappa shape index (κ2) is 11.3. The standard InChI is InChI=1S/C50H37N3/c1-31-16-6-15-27-45(31)53-32(2)35-19-7-8-23-40(35)47-48(53)46(51-49(52-47)33-17-4-3-5-18-33)34-28-29-39-38-22-11-14-26-43(38)50(44(39)30-34)41-24-12-9-20-36(41)37-21-10-13-25-42(37)50/h3-5,7-12,14-15,17-24,26-30H,2,6,13,16,25H2,1H3. The van der Waals surface area contributed by atoms with Crippen LogP contribution in [0.2, 0.25) is 0 Å². The van der Waals surface area contributed by atoms with Crippen molar-refractivity contribution in [3.8, 4) is 45.0 Å². The Labute approximate surface area is 310 Å². The lowest BCUT2D eigenvalue weighted by molar-refractivity contribution is 0.714. The van der Waals surface area contributed by atoms with Crippen LogP contribution in [0.1, 0.15) is 60.4 Å². The Morgan fingerprint density at radius 2 is 1.23 bits per heavy atom. The number of hydrogen-bond donors (Lipinski definition) is 0. The van der Waals surface area contributed by atoms with Gasteiger partial charge in [-0.25, -0.2) is 9.97 Å². The number of fused-ring (bicyclic) bond motifs is 12. The molecule has 0 N–H and O–H groups in total. The fourth-order valence-corrected chi connectivity index (χ4v) is 9.82. The molecule has 252 valence electrons. The van der Waals surface area contributed by atoms with Gasteiger partial charge in [0.1, 0.15) is 0 Å². The predicted molar refractivity (Wildman–Crippen MR) is 218 cm³/mol. The third-order valence-electron chi connectivity index (χ3n) is 12.1. The third-order valence-corrected chi connectivity index (χ3v) is 12.1. The fourth-order valence-electron chi connectivity index (χ4n) is 9.82. The fraction of sp³-hybridized carbons (Fsp3) is 0.120. The second-order valence-corrected chi connectivity index (χ2v) is 14.8. The summed E-state index contributed by atoms with van der Waals surface area (Å²) in [5.74, 6) is 0.721. The van der Waals surface area contributed by atoms with Gasteiger partial charge in [-0.3, -0.25) is 0 Å². The van der Waals surface area contributed by atoms with Gasteiger partial charge in [-0.05, 0) is 94.8 Å². The molecule has 2 heterocycles. The van der Waals surface area contributed by atoms with Crippen molar-refractivity contribution in [2.24, 2.45) is 0 Å². The Bertz CT molecular complexity index is 2710. The van der Waals surface area contributed by atoms with Crippen molar-refractivity contribution >= 4 is 17.0 Å². The summed E-state index contributed by atoms with van der Waals surface area (Å²) < 4.78 is 0. The van der Waals surface area contributed by atoms with Gasteiger partial charge in [0.15, 0.2) is 5.82 Å². The van der Waals surface area contributed by atoms with Crippen molar-refractivity contribution in [1.82, 2.24) is 9.97 Å². The Morgan fingerprint density at radius 1 is 0.585 bits per heavy atom. The van der Waals surface area contributed by atoms with E-state index in [2.05, 4.69) is 157 Å². The molecule has 53 heavy (non-hydrogen) atoms. The predicted octanol–water partition coefficient (Wildman–Crippen LogP) is 12.3. The molecule has 0 radical (unpaired) electrons. The molecule has 0 amide bonds. The SMILES string of the molecule is C=C1c2ccccc2-c2nc(-c3ccccc3)nc(-c3ccc4c(c3)C3(C5=C(C=CCC5)c5ccccc53)c3ccccc3-4)c2N1C1=C(C)CCC=C1. The first kappa shape index (κ1) is 30.3. The lowest BCUT2D eigenvalue weighted by atomic mass is 9.68. The maximum Gasteiger partial charge on any atom is 0.160 e. The summed E-state index contributed by atoms with van der Waals surface area (Å²) >= 11 is 0. The average Bonchev–Trinajstić information content (AvgIpc) is 3.69. The first-order valence-electron chi connectivity index (χ1n) is 18.8. The van der Waals surface area contributed by atoms with Crippen LogP contribution in [-0.4, -0.2) is 9.97 Å². The minimum absolute atomic E-state index is 0.366. The van der Waals surface area contributed by atoms with E-state index >= 15 is 0 Å². The highest BCUT2D eigenvalue weighted by molar-refractivity contribution is 6.05.